The zero-order valence-electron chi connectivity index (χ0n) is 10.2. The fourth-order valence-electron chi connectivity index (χ4n) is 1.57. The lowest BCUT2D eigenvalue weighted by Gasteiger charge is -2.11. The van der Waals surface area contributed by atoms with Crippen LogP contribution in [0.3, 0.4) is 0 Å². The van der Waals surface area contributed by atoms with Gasteiger partial charge in [-0.1, -0.05) is 18.2 Å². The molecule has 0 fully saturated rings. The third-order valence-electron chi connectivity index (χ3n) is 2.67. The average molecular weight is 341 g/mol. The Balaban J connectivity index is 2.38. The van der Waals surface area contributed by atoms with Crippen molar-refractivity contribution in [2.75, 3.05) is 10.5 Å². The number of nitrogens with two attached hydrogens (primary N) is 1. The summed E-state index contributed by atoms with van der Waals surface area (Å²) >= 11 is 3.22. The van der Waals surface area contributed by atoms with E-state index in [9.17, 15) is 8.42 Å². The van der Waals surface area contributed by atoms with Crippen LogP contribution in [-0.2, 0) is 10.0 Å². The molecule has 0 saturated carbocycles. The molecule has 0 aliphatic rings. The molecule has 0 heterocycles. The molecule has 6 heteroatoms. The third kappa shape index (κ3) is 3.08. The molecule has 2 rings (SSSR count). The summed E-state index contributed by atoms with van der Waals surface area (Å²) in [6, 6.07) is 11.7. The van der Waals surface area contributed by atoms with Crippen LogP contribution < -0.4 is 10.5 Å². The molecule has 0 bridgehead atoms. The van der Waals surface area contributed by atoms with Crippen LogP contribution in [0, 0.1) is 6.92 Å². The highest BCUT2D eigenvalue weighted by atomic mass is 79.9. The maximum Gasteiger partial charge on any atom is 0.261 e. The van der Waals surface area contributed by atoms with Gasteiger partial charge in [-0.15, -0.1) is 0 Å². The van der Waals surface area contributed by atoms with Crippen molar-refractivity contribution >= 4 is 37.3 Å². The molecule has 3 N–H and O–H groups in total. The SMILES string of the molecule is Cc1ccccc1NS(=O)(=O)c1ccc(N)c(Br)c1. The van der Waals surface area contributed by atoms with Crippen LogP contribution in [0.15, 0.2) is 51.8 Å². The highest BCUT2D eigenvalue weighted by Crippen LogP contribution is 2.25. The van der Waals surface area contributed by atoms with Gasteiger partial charge in [-0.25, -0.2) is 8.42 Å². The van der Waals surface area contributed by atoms with Crippen LogP contribution in [0.25, 0.3) is 0 Å². The topological polar surface area (TPSA) is 72.2 Å². The van der Waals surface area contributed by atoms with Crippen molar-refractivity contribution in [3.05, 3.63) is 52.5 Å². The summed E-state index contributed by atoms with van der Waals surface area (Å²) in [6.07, 6.45) is 0. The summed E-state index contributed by atoms with van der Waals surface area (Å²) in [4.78, 5) is 0.164. The summed E-state index contributed by atoms with van der Waals surface area (Å²) in [7, 11) is -3.61. The number of halogens is 1. The number of hydrogen-bond donors (Lipinski definition) is 2. The fourth-order valence-corrected chi connectivity index (χ4v) is 3.25. The van der Waals surface area contributed by atoms with Gasteiger partial charge in [-0.2, -0.15) is 0 Å². The number of anilines is 2. The second-order valence-corrected chi connectivity index (χ2v) is 6.64. The predicted molar refractivity (Wildman–Crippen MR) is 80.5 cm³/mol. The van der Waals surface area contributed by atoms with Gasteiger partial charge < -0.3 is 5.73 Å². The summed E-state index contributed by atoms with van der Waals surface area (Å²) in [5.41, 5.74) is 7.57. The van der Waals surface area contributed by atoms with Crippen LogP contribution in [0.5, 0.6) is 0 Å². The van der Waals surface area contributed by atoms with E-state index in [1.54, 1.807) is 18.2 Å². The molecule has 0 aliphatic carbocycles. The third-order valence-corrected chi connectivity index (χ3v) is 4.72. The molecule has 100 valence electrons. The van der Waals surface area contributed by atoms with Gasteiger partial charge in [-0.3, -0.25) is 4.72 Å². The van der Waals surface area contributed by atoms with Gasteiger partial charge in [0.15, 0.2) is 0 Å². The monoisotopic (exact) mass is 340 g/mol. The van der Waals surface area contributed by atoms with E-state index in [-0.39, 0.29) is 4.90 Å². The van der Waals surface area contributed by atoms with E-state index in [0.717, 1.165) is 5.56 Å². The molecular weight excluding hydrogens is 328 g/mol. The molecule has 0 aliphatic heterocycles. The summed E-state index contributed by atoms with van der Waals surface area (Å²) in [6.45, 7) is 1.84. The largest absolute Gasteiger partial charge is 0.398 e. The second-order valence-electron chi connectivity index (χ2n) is 4.10. The molecular formula is C13H13BrN2O2S. The van der Waals surface area contributed by atoms with E-state index in [2.05, 4.69) is 20.7 Å². The Hall–Kier alpha value is -1.53. The van der Waals surface area contributed by atoms with Crippen LogP contribution in [0.4, 0.5) is 11.4 Å². The quantitative estimate of drug-likeness (QED) is 0.843. The molecule has 0 radical (unpaired) electrons. The van der Waals surface area contributed by atoms with Gasteiger partial charge in [-0.05, 0) is 52.7 Å². The van der Waals surface area contributed by atoms with Gasteiger partial charge in [0.1, 0.15) is 0 Å². The first-order valence-corrected chi connectivity index (χ1v) is 7.81. The lowest BCUT2D eigenvalue weighted by Crippen LogP contribution is -2.13. The lowest BCUT2D eigenvalue weighted by molar-refractivity contribution is 0.601. The molecule has 2 aromatic rings. The molecule has 0 amide bonds. The van der Waals surface area contributed by atoms with Crippen molar-refractivity contribution < 1.29 is 8.42 Å². The number of benzene rings is 2. The van der Waals surface area contributed by atoms with Gasteiger partial charge in [0.2, 0.25) is 0 Å². The zero-order chi connectivity index (χ0) is 14.0. The number of nitrogen functional groups attached to an aromatic ring is 1. The number of para-hydroxylation sites is 1. The zero-order valence-corrected chi connectivity index (χ0v) is 12.6. The summed E-state index contributed by atoms with van der Waals surface area (Å²) in [5.74, 6) is 0. The maximum absolute atomic E-state index is 12.2. The minimum absolute atomic E-state index is 0.164. The molecule has 0 spiro atoms. The maximum atomic E-state index is 12.2. The first-order valence-electron chi connectivity index (χ1n) is 5.53. The molecule has 4 nitrogen and oxygen atoms in total. The Kier molecular flexibility index (Phi) is 3.82. The Bertz CT molecular complexity index is 714. The number of hydrogen-bond acceptors (Lipinski definition) is 3. The van der Waals surface area contributed by atoms with Gasteiger partial charge in [0.05, 0.1) is 10.6 Å². The van der Waals surface area contributed by atoms with Crippen LogP contribution in [0.2, 0.25) is 0 Å². The van der Waals surface area contributed by atoms with E-state index >= 15 is 0 Å². The Morgan fingerprint density at radius 1 is 1.16 bits per heavy atom. The van der Waals surface area contributed by atoms with Gasteiger partial charge in [0, 0.05) is 10.2 Å². The first-order chi connectivity index (χ1) is 8.90. The van der Waals surface area contributed by atoms with Crippen molar-refractivity contribution in [1.29, 1.82) is 0 Å². The molecule has 19 heavy (non-hydrogen) atoms. The minimum Gasteiger partial charge on any atom is -0.398 e. The molecule has 2 aromatic carbocycles. The smallest absolute Gasteiger partial charge is 0.261 e. The Morgan fingerprint density at radius 2 is 1.84 bits per heavy atom. The van der Waals surface area contributed by atoms with Crippen molar-refractivity contribution in [1.82, 2.24) is 0 Å². The molecule has 0 atom stereocenters. The lowest BCUT2D eigenvalue weighted by atomic mass is 10.2. The first kappa shape index (κ1) is 13.9. The van der Waals surface area contributed by atoms with Crippen molar-refractivity contribution in [3.8, 4) is 0 Å². The van der Waals surface area contributed by atoms with E-state index in [0.29, 0.717) is 15.8 Å². The highest BCUT2D eigenvalue weighted by molar-refractivity contribution is 9.10. The van der Waals surface area contributed by atoms with E-state index < -0.39 is 10.0 Å². The number of sulfonamides is 1. The van der Waals surface area contributed by atoms with Crippen molar-refractivity contribution in [3.63, 3.8) is 0 Å². The minimum atomic E-state index is -3.61. The highest BCUT2D eigenvalue weighted by Gasteiger charge is 2.16. The van der Waals surface area contributed by atoms with Gasteiger partial charge in [0.25, 0.3) is 10.0 Å². The average Bonchev–Trinajstić information content (AvgIpc) is 2.35. The number of aryl methyl sites for hydroxylation is 1. The van der Waals surface area contributed by atoms with Gasteiger partial charge >= 0.3 is 0 Å². The van der Waals surface area contributed by atoms with Crippen LogP contribution >= 0.6 is 15.9 Å². The molecule has 0 aromatic heterocycles. The van der Waals surface area contributed by atoms with E-state index in [4.69, 9.17) is 5.73 Å². The van der Waals surface area contributed by atoms with Crippen molar-refractivity contribution in [2.24, 2.45) is 0 Å². The van der Waals surface area contributed by atoms with E-state index in [1.807, 2.05) is 19.1 Å². The van der Waals surface area contributed by atoms with Crippen molar-refractivity contribution in [2.45, 2.75) is 11.8 Å². The predicted octanol–water partition coefficient (Wildman–Crippen LogP) is 3.14. The summed E-state index contributed by atoms with van der Waals surface area (Å²) in [5, 5.41) is 0. The number of nitrogens with one attached hydrogen (secondary N) is 1. The second kappa shape index (κ2) is 5.22. The van der Waals surface area contributed by atoms with E-state index in [1.165, 1.54) is 12.1 Å². The molecule has 0 saturated heterocycles. The fraction of sp³-hybridized carbons (Fsp3) is 0.0769. The Morgan fingerprint density at radius 3 is 2.47 bits per heavy atom. The van der Waals surface area contributed by atoms with Crippen LogP contribution in [0.1, 0.15) is 5.56 Å². The Labute approximate surface area is 120 Å². The standard InChI is InChI=1S/C13H13BrN2O2S/c1-9-4-2-3-5-13(9)16-19(17,18)10-6-7-12(15)11(14)8-10/h2-8,16H,15H2,1H3. The normalized spacial score (nSPS) is 11.3. The number of rotatable bonds is 3. The molecule has 0 unspecified atom stereocenters. The summed E-state index contributed by atoms with van der Waals surface area (Å²) < 4.78 is 27.6. The van der Waals surface area contributed by atoms with Crippen LogP contribution in [-0.4, -0.2) is 8.42 Å².